The molecule has 24 heavy (non-hydrogen) atoms. The SMILES string of the molecule is COC(=O)c1c(-c2ccccc2C(F)(F)F)cccc1C(F)(F)F. The van der Waals surface area contributed by atoms with Gasteiger partial charge < -0.3 is 4.74 Å². The number of ether oxygens (including phenoxy) is 1. The minimum atomic E-state index is -4.92. The first-order valence-corrected chi connectivity index (χ1v) is 6.52. The molecule has 0 aliphatic rings. The molecule has 0 unspecified atom stereocenters. The summed E-state index contributed by atoms with van der Waals surface area (Å²) in [4.78, 5) is 11.8. The van der Waals surface area contributed by atoms with Crippen LogP contribution in [-0.4, -0.2) is 13.1 Å². The summed E-state index contributed by atoms with van der Waals surface area (Å²) in [5.41, 5.74) is -4.48. The van der Waals surface area contributed by atoms with Crippen LogP contribution in [0.25, 0.3) is 11.1 Å². The van der Waals surface area contributed by atoms with Crippen molar-refractivity contribution in [2.75, 3.05) is 7.11 Å². The molecule has 2 rings (SSSR count). The Balaban J connectivity index is 2.85. The largest absolute Gasteiger partial charge is 0.465 e. The predicted molar refractivity (Wildman–Crippen MR) is 73.2 cm³/mol. The van der Waals surface area contributed by atoms with E-state index in [1.165, 1.54) is 6.07 Å². The third-order valence-corrected chi connectivity index (χ3v) is 3.28. The highest BCUT2D eigenvalue weighted by Crippen LogP contribution is 2.41. The Morgan fingerprint density at radius 3 is 1.83 bits per heavy atom. The number of carbonyl (C=O) groups is 1. The van der Waals surface area contributed by atoms with Gasteiger partial charge in [0.1, 0.15) is 0 Å². The Labute approximate surface area is 132 Å². The highest BCUT2D eigenvalue weighted by atomic mass is 19.4. The molecule has 0 N–H and O–H groups in total. The van der Waals surface area contributed by atoms with Gasteiger partial charge >= 0.3 is 18.3 Å². The third-order valence-electron chi connectivity index (χ3n) is 3.28. The second-order valence-corrected chi connectivity index (χ2v) is 4.76. The summed E-state index contributed by atoms with van der Waals surface area (Å²) < 4.78 is 83.2. The van der Waals surface area contributed by atoms with E-state index in [-0.39, 0.29) is 0 Å². The summed E-state index contributed by atoms with van der Waals surface area (Å²) >= 11 is 0. The van der Waals surface area contributed by atoms with Gasteiger partial charge in [-0.2, -0.15) is 26.3 Å². The molecular weight excluding hydrogens is 338 g/mol. The van der Waals surface area contributed by atoms with Crippen molar-refractivity contribution in [2.24, 2.45) is 0 Å². The van der Waals surface area contributed by atoms with Crippen molar-refractivity contribution in [1.29, 1.82) is 0 Å². The van der Waals surface area contributed by atoms with Gasteiger partial charge in [0.15, 0.2) is 0 Å². The van der Waals surface area contributed by atoms with Gasteiger partial charge in [-0.05, 0) is 23.3 Å². The van der Waals surface area contributed by atoms with Crippen LogP contribution in [0, 0.1) is 0 Å². The summed E-state index contributed by atoms with van der Waals surface area (Å²) in [6.07, 6.45) is -9.72. The zero-order chi connectivity index (χ0) is 18.1. The smallest absolute Gasteiger partial charge is 0.417 e. The number of halogens is 6. The first-order chi connectivity index (χ1) is 11.1. The molecular formula is C16H10F6O2. The molecule has 0 aliphatic carbocycles. The van der Waals surface area contributed by atoms with Crippen LogP contribution in [-0.2, 0) is 17.1 Å². The van der Waals surface area contributed by atoms with Crippen LogP contribution in [0.1, 0.15) is 21.5 Å². The number of carbonyl (C=O) groups excluding carboxylic acids is 1. The zero-order valence-corrected chi connectivity index (χ0v) is 12.1. The molecule has 128 valence electrons. The van der Waals surface area contributed by atoms with Crippen molar-refractivity contribution in [3.63, 3.8) is 0 Å². The molecule has 0 saturated heterocycles. The highest BCUT2D eigenvalue weighted by molar-refractivity contribution is 5.99. The Morgan fingerprint density at radius 1 is 0.792 bits per heavy atom. The lowest BCUT2D eigenvalue weighted by atomic mass is 9.92. The minimum Gasteiger partial charge on any atom is -0.465 e. The van der Waals surface area contributed by atoms with Gasteiger partial charge in [-0.1, -0.05) is 30.3 Å². The molecule has 0 spiro atoms. The van der Waals surface area contributed by atoms with E-state index in [0.29, 0.717) is 6.07 Å². The van der Waals surface area contributed by atoms with E-state index in [1.54, 1.807) is 0 Å². The number of hydrogen-bond acceptors (Lipinski definition) is 2. The molecule has 0 fully saturated rings. The fraction of sp³-hybridized carbons (Fsp3) is 0.188. The Kier molecular flexibility index (Phi) is 4.59. The first-order valence-electron chi connectivity index (χ1n) is 6.52. The third kappa shape index (κ3) is 3.37. The van der Waals surface area contributed by atoms with Crippen molar-refractivity contribution < 1.29 is 35.9 Å². The van der Waals surface area contributed by atoms with Gasteiger partial charge in [0.25, 0.3) is 0 Å². The number of hydrogen-bond donors (Lipinski definition) is 0. The van der Waals surface area contributed by atoms with Crippen LogP contribution in [0.4, 0.5) is 26.3 Å². The van der Waals surface area contributed by atoms with Gasteiger partial charge in [0, 0.05) is 0 Å². The van der Waals surface area contributed by atoms with Crippen LogP contribution in [0.3, 0.4) is 0 Å². The standard InChI is InChI=1S/C16H10F6O2/c1-24-14(23)13-10(6-4-8-12(13)16(20,21)22)9-5-2-3-7-11(9)15(17,18)19/h2-8H,1H3. The zero-order valence-electron chi connectivity index (χ0n) is 12.1. The van der Waals surface area contributed by atoms with Crippen LogP contribution in [0.5, 0.6) is 0 Å². The highest BCUT2D eigenvalue weighted by Gasteiger charge is 2.39. The van der Waals surface area contributed by atoms with Crippen molar-refractivity contribution in [1.82, 2.24) is 0 Å². The first kappa shape index (κ1) is 17.8. The lowest BCUT2D eigenvalue weighted by Gasteiger charge is -2.18. The second-order valence-electron chi connectivity index (χ2n) is 4.76. The second kappa shape index (κ2) is 6.18. The molecule has 0 heterocycles. The number of methoxy groups -OCH3 is 1. The molecule has 0 atom stereocenters. The van der Waals surface area contributed by atoms with Crippen molar-refractivity contribution in [2.45, 2.75) is 12.4 Å². The van der Waals surface area contributed by atoms with E-state index in [9.17, 15) is 31.1 Å². The van der Waals surface area contributed by atoms with Crippen molar-refractivity contribution in [3.05, 3.63) is 59.2 Å². The summed E-state index contributed by atoms with van der Waals surface area (Å²) in [5, 5.41) is 0. The van der Waals surface area contributed by atoms with Crippen molar-refractivity contribution in [3.8, 4) is 11.1 Å². The molecule has 0 amide bonds. The lowest BCUT2D eigenvalue weighted by molar-refractivity contribution is -0.138. The van der Waals surface area contributed by atoms with Gasteiger partial charge in [-0.15, -0.1) is 0 Å². The lowest BCUT2D eigenvalue weighted by Crippen LogP contribution is -2.16. The van der Waals surface area contributed by atoms with E-state index in [4.69, 9.17) is 0 Å². The molecule has 0 radical (unpaired) electrons. The average molecular weight is 348 g/mol. The quantitative estimate of drug-likeness (QED) is 0.552. The molecule has 2 nitrogen and oxygen atoms in total. The molecule has 0 aromatic heterocycles. The van der Waals surface area contributed by atoms with Gasteiger partial charge in [-0.25, -0.2) is 4.79 Å². The van der Waals surface area contributed by atoms with Crippen LogP contribution >= 0.6 is 0 Å². The monoisotopic (exact) mass is 348 g/mol. The summed E-state index contributed by atoms with van der Waals surface area (Å²) in [7, 11) is 0.856. The maximum atomic E-state index is 13.1. The Hall–Kier alpha value is -2.51. The number of rotatable bonds is 2. The van der Waals surface area contributed by atoms with Gasteiger partial charge in [0.2, 0.25) is 0 Å². The molecule has 0 bridgehead atoms. The summed E-state index contributed by atoms with van der Waals surface area (Å²) in [6, 6.07) is 6.67. The van der Waals surface area contributed by atoms with Crippen molar-refractivity contribution >= 4 is 5.97 Å². The predicted octanol–water partition coefficient (Wildman–Crippen LogP) is 5.18. The Morgan fingerprint density at radius 2 is 1.29 bits per heavy atom. The molecule has 2 aromatic rings. The fourth-order valence-corrected chi connectivity index (χ4v) is 2.30. The van der Waals surface area contributed by atoms with Gasteiger partial charge in [-0.3, -0.25) is 0 Å². The minimum absolute atomic E-state index is 0.496. The van der Waals surface area contributed by atoms with E-state index in [0.717, 1.165) is 37.4 Å². The fourth-order valence-electron chi connectivity index (χ4n) is 2.30. The van der Waals surface area contributed by atoms with Crippen LogP contribution in [0.2, 0.25) is 0 Å². The van der Waals surface area contributed by atoms with E-state index in [2.05, 4.69) is 4.74 Å². The number of alkyl halides is 6. The maximum Gasteiger partial charge on any atom is 0.417 e. The number of benzene rings is 2. The van der Waals surface area contributed by atoms with E-state index in [1.807, 2.05) is 0 Å². The van der Waals surface area contributed by atoms with Gasteiger partial charge in [0.05, 0.1) is 23.8 Å². The molecule has 0 aliphatic heterocycles. The normalized spacial score (nSPS) is 12.1. The van der Waals surface area contributed by atoms with Crippen LogP contribution in [0.15, 0.2) is 42.5 Å². The number of esters is 1. The summed E-state index contributed by atoms with van der Waals surface area (Å²) in [6.45, 7) is 0. The van der Waals surface area contributed by atoms with E-state index >= 15 is 0 Å². The van der Waals surface area contributed by atoms with Crippen LogP contribution < -0.4 is 0 Å². The summed E-state index contributed by atoms with van der Waals surface area (Å²) in [5.74, 6) is -1.37. The Bertz CT molecular complexity index is 762. The molecule has 8 heteroatoms. The topological polar surface area (TPSA) is 26.3 Å². The average Bonchev–Trinajstić information content (AvgIpc) is 2.51. The molecule has 0 saturated carbocycles. The maximum absolute atomic E-state index is 13.1. The van der Waals surface area contributed by atoms with E-state index < -0.39 is 46.1 Å². The molecule has 2 aromatic carbocycles.